The number of nitrogens with one attached hydrogen (secondary N) is 1. The summed E-state index contributed by atoms with van der Waals surface area (Å²) < 4.78 is 37.4. The number of benzene rings is 2. The van der Waals surface area contributed by atoms with Crippen LogP contribution in [0.1, 0.15) is 0 Å². The summed E-state index contributed by atoms with van der Waals surface area (Å²) in [5.41, 5.74) is 0.341. The summed E-state index contributed by atoms with van der Waals surface area (Å²) in [7, 11) is -3.65. The molecular weight excluding hydrogens is 427 g/mol. The molecule has 0 spiro atoms. The van der Waals surface area contributed by atoms with E-state index < -0.39 is 15.9 Å². The van der Waals surface area contributed by atoms with Crippen molar-refractivity contribution in [3.8, 4) is 5.75 Å². The van der Waals surface area contributed by atoms with Crippen molar-refractivity contribution in [3.63, 3.8) is 0 Å². The molecule has 0 atom stereocenters. The number of morpholine rings is 1. The fourth-order valence-electron chi connectivity index (χ4n) is 2.63. The van der Waals surface area contributed by atoms with Crippen LogP contribution in [0.25, 0.3) is 0 Å². The molecule has 2 aromatic carbocycles. The smallest absolute Gasteiger partial charge is 0.262 e. The minimum atomic E-state index is -3.65. The van der Waals surface area contributed by atoms with Gasteiger partial charge in [-0.3, -0.25) is 4.79 Å². The third-order valence-electron chi connectivity index (χ3n) is 3.99. The van der Waals surface area contributed by atoms with Crippen LogP contribution in [0.2, 0.25) is 10.0 Å². The van der Waals surface area contributed by atoms with Crippen molar-refractivity contribution < 1.29 is 22.7 Å². The number of halogens is 2. The minimum Gasteiger partial charge on any atom is -0.481 e. The predicted octanol–water partition coefficient (Wildman–Crippen LogP) is 3.03. The summed E-state index contributed by atoms with van der Waals surface area (Å²) in [5.74, 6) is -0.262. The Morgan fingerprint density at radius 1 is 1.11 bits per heavy atom. The fourth-order valence-corrected chi connectivity index (χ4v) is 4.59. The number of ether oxygens (including phenoxy) is 2. The summed E-state index contributed by atoms with van der Waals surface area (Å²) in [5, 5.41) is 3.19. The molecule has 10 heteroatoms. The Balaban J connectivity index is 1.66. The second-order valence-electron chi connectivity index (χ2n) is 5.93. The van der Waals surface area contributed by atoms with E-state index in [1.165, 1.54) is 16.4 Å². The van der Waals surface area contributed by atoms with E-state index in [0.29, 0.717) is 42.0 Å². The van der Waals surface area contributed by atoms with Gasteiger partial charge in [-0.2, -0.15) is 4.31 Å². The number of hydrogen-bond donors (Lipinski definition) is 1. The van der Waals surface area contributed by atoms with Gasteiger partial charge in [0.15, 0.2) is 12.4 Å². The molecule has 1 aliphatic heterocycles. The van der Waals surface area contributed by atoms with Gasteiger partial charge in [0.1, 0.15) is 0 Å². The number of para-hydroxylation sites is 1. The first kappa shape index (κ1) is 20.9. The van der Waals surface area contributed by atoms with Gasteiger partial charge in [-0.15, -0.1) is 0 Å². The Bertz CT molecular complexity index is 942. The summed E-state index contributed by atoms with van der Waals surface area (Å²) in [6, 6.07) is 10.9. The number of amides is 1. The van der Waals surface area contributed by atoms with Gasteiger partial charge in [-0.25, -0.2) is 8.42 Å². The summed E-state index contributed by atoms with van der Waals surface area (Å²) >= 11 is 12.0. The maximum Gasteiger partial charge on any atom is 0.262 e. The molecule has 0 aliphatic carbocycles. The lowest BCUT2D eigenvalue weighted by Gasteiger charge is -2.26. The summed E-state index contributed by atoms with van der Waals surface area (Å²) in [6.07, 6.45) is 0. The highest BCUT2D eigenvalue weighted by molar-refractivity contribution is 7.89. The van der Waals surface area contributed by atoms with Gasteiger partial charge in [0, 0.05) is 18.8 Å². The van der Waals surface area contributed by atoms with Crippen molar-refractivity contribution in [1.29, 1.82) is 0 Å². The first-order chi connectivity index (χ1) is 13.4. The van der Waals surface area contributed by atoms with E-state index in [4.69, 9.17) is 32.7 Å². The molecular formula is C18H18Cl2N2O5S. The molecule has 1 N–H and O–H groups in total. The van der Waals surface area contributed by atoms with Crippen LogP contribution in [0.3, 0.4) is 0 Å². The molecule has 0 radical (unpaired) electrons. The van der Waals surface area contributed by atoms with Gasteiger partial charge in [0.05, 0.1) is 28.2 Å². The molecule has 28 heavy (non-hydrogen) atoms. The maximum atomic E-state index is 12.7. The lowest BCUT2D eigenvalue weighted by molar-refractivity contribution is -0.118. The normalized spacial score (nSPS) is 15.2. The highest BCUT2D eigenvalue weighted by Crippen LogP contribution is 2.32. The van der Waals surface area contributed by atoms with Crippen molar-refractivity contribution in [3.05, 3.63) is 52.5 Å². The highest BCUT2D eigenvalue weighted by Gasteiger charge is 2.26. The van der Waals surface area contributed by atoms with Gasteiger partial charge in [0.2, 0.25) is 10.0 Å². The number of sulfonamides is 1. The number of carbonyl (C=O) groups excluding carboxylic acids is 1. The van der Waals surface area contributed by atoms with Gasteiger partial charge in [-0.1, -0.05) is 35.3 Å². The van der Waals surface area contributed by atoms with E-state index in [2.05, 4.69) is 5.32 Å². The highest BCUT2D eigenvalue weighted by atomic mass is 35.5. The molecule has 1 amide bonds. The average molecular weight is 445 g/mol. The van der Waals surface area contributed by atoms with Gasteiger partial charge in [-0.05, 0) is 30.3 Å². The third-order valence-corrected chi connectivity index (χ3v) is 6.48. The van der Waals surface area contributed by atoms with E-state index in [1.807, 2.05) is 0 Å². The first-order valence-corrected chi connectivity index (χ1v) is 10.6. The molecule has 1 aliphatic rings. The van der Waals surface area contributed by atoms with Crippen molar-refractivity contribution >= 4 is 44.8 Å². The third kappa shape index (κ3) is 4.95. The lowest BCUT2D eigenvalue weighted by atomic mass is 10.3. The van der Waals surface area contributed by atoms with Crippen LogP contribution in [-0.2, 0) is 19.6 Å². The SMILES string of the molecule is O=C(COc1c(Cl)cccc1Cl)Nc1cccc(S(=O)(=O)N2CCOCC2)c1. The van der Waals surface area contributed by atoms with Crippen LogP contribution in [0.15, 0.2) is 47.4 Å². The molecule has 1 heterocycles. The van der Waals surface area contributed by atoms with Crippen LogP contribution in [0, 0.1) is 0 Å². The monoisotopic (exact) mass is 444 g/mol. The zero-order chi connectivity index (χ0) is 20.1. The van der Waals surface area contributed by atoms with Crippen LogP contribution in [0.4, 0.5) is 5.69 Å². The molecule has 0 bridgehead atoms. The number of carbonyl (C=O) groups is 1. The summed E-state index contributed by atoms with van der Waals surface area (Å²) in [6.45, 7) is 0.982. The Morgan fingerprint density at radius 2 is 1.75 bits per heavy atom. The van der Waals surface area contributed by atoms with Crippen molar-refractivity contribution in [2.75, 3.05) is 38.2 Å². The van der Waals surface area contributed by atoms with Crippen LogP contribution >= 0.6 is 23.2 Å². The minimum absolute atomic E-state index is 0.0993. The lowest BCUT2D eigenvalue weighted by Crippen LogP contribution is -2.40. The largest absolute Gasteiger partial charge is 0.481 e. The van der Waals surface area contributed by atoms with Crippen molar-refractivity contribution in [1.82, 2.24) is 4.31 Å². The maximum absolute atomic E-state index is 12.7. The standard InChI is InChI=1S/C18H18Cl2N2O5S/c19-15-5-2-6-16(20)18(15)27-12-17(23)21-13-3-1-4-14(11-13)28(24,25)22-7-9-26-10-8-22/h1-6,11H,7-10,12H2,(H,21,23). The molecule has 0 unspecified atom stereocenters. The molecule has 7 nitrogen and oxygen atoms in total. The fraction of sp³-hybridized carbons (Fsp3) is 0.278. The Kier molecular flexibility index (Phi) is 6.79. The topological polar surface area (TPSA) is 84.9 Å². The molecule has 2 aromatic rings. The summed E-state index contributed by atoms with van der Waals surface area (Å²) in [4.78, 5) is 12.3. The number of rotatable bonds is 6. The van der Waals surface area contributed by atoms with Crippen molar-refractivity contribution in [2.24, 2.45) is 0 Å². The number of hydrogen-bond acceptors (Lipinski definition) is 5. The number of anilines is 1. The average Bonchev–Trinajstić information content (AvgIpc) is 2.68. The molecule has 150 valence electrons. The van der Waals surface area contributed by atoms with Gasteiger partial charge in [0.25, 0.3) is 5.91 Å². The molecule has 0 saturated carbocycles. The van der Waals surface area contributed by atoms with E-state index >= 15 is 0 Å². The Hall–Kier alpha value is -1.84. The van der Waals surface area contributed by atoms with Crippen molar-refractivity contribution in [2.45, 2.75) is 4.90 Å². The zero-order valence-corrected chi connectivity index (χ0v) is 17.1. The van der Waals surface area contributed by atoms with Crippen LogP contribution in [-0.4, -0.2) is 51.5 Å². The zero-order valence-electron chi connectivity index (χ0n) is 14.7. The first-order valence-electron chi connectivity index (χ1n) is 8.42. The molecule has 0 aromatic heterocycles. The molecule has 1 saturated heterocycles. The van der Waals surface area contributed by atoms with E-state index in [9.17, 15) is 13.2 Å². The molecule has 3 rings (SSSR count). The van der Waals surface area contributed by atoms with E-state index in [1.54, 1.807) is 30.3 Å². The Labute approximate surface area is 173 Å². The molecule has 1 fully saturated rings. The second kappa shape index (κ2) is 9.11. The van der Waals surface area contributed by atoms with Crippen LogP contribution < -0.4 is 10.1 Å². The number of nitrogens with zero attached hydrogens (tertiary/aromatic N) is 1. The van der Waals surface area contributed by atoms with E-state index in [-0.39, 0.29) is 17.3 Å². The second-order valence-corrected chi connectivity index (χ2v) is 8.68. The van der Waals surface area contributed by atoms with Crippen LogP contribution in [0.5, 0.6) is 5.75 Å². The van der Waals surface area contributed by atoms with E-state index in [0.717, 1.165) is 0 Å². The predicted molar refractivity (Wildman–Crippen MR) is 107 cm³/mol. The van der Waals surface area contributed by atoms with Gasteiger partial charge >= 0.3 is 0 Å². The Morgan fingerprint density at radius 3 is 2.43 bits per heavy atom. The van der Waals surface area contributed by atoms with Gasteiger partial charge < -0.3 is 14.8 Å². The quantitative estimate of drug-likeness (QED) is 0.739.